The number of anilines is 1. The summed E-state index contributed by atoms with van der Waals surface area (Å²) < 4.78 is 13.3. The Hall–Kier alpha value is -3.00. The first kappa shape index (κ1) is 22.2. The highest BCUT2D eigenvalue weighted by Gasteiger charge is 2.15. The summed E-state index contributed by atoms with van der Waals surface area (Å²) in [5, 5.41) is 12.1. The molecule has 1 aliphatic carbocycles. The summed E-state index contributed by atoms with van der Waals surface area (Å²) in [7, 11) is 1.58. The monoisotopic (exact) mass is 452 g/mol. The predicted octanol–water partition coefficient (Wildman–Crippen LogP) is 4.50. The summed E-state index contributed by atoms with van der Waals surface area (Å²) in [6.45, 7) is 3.07. The molecule has 0 saturated carbocycles. The summed E-state index contributed by atoms with van der Waals surface area (Å²) in [5.74, 6) is 2.34. The Morgan fingerprint density at radius 2 is 1.94 bits per heavy atom. The van der Waals surface area contributed by atoms with E-state index >= 15 is 0 Å². The number of hydrogen-bond acceptors (Lipinski definition) is 6. The molecule has 0 aliphatic heterocycles. The molecule has 0 atom stereocenters. The van der Waals surface area contributed by atoms with Crippen LogP contribution in [0.15, 0.2) is 47.6 Å². The zero-order chi connectivity index (χ0) is 22.3. The summed E-state index contributed by atoms with van der Waals surface area (Å²) in [6, 6.07) is 13.7. The first-order valence-corrected chi connectivity index (χ1v) is 11.9. The number of aryl methyl sites for hydroxylation is 2. The third-order valence-corrected chi connectivity index (χ3v) is 6.48. The van der Waals surface area contributed by atoms with E-state index in [9.17, 15) is 4.79 Å². The van der Waals surface area contributed by atoms with E-state index in [0.717, 1.165) is 24.4 Å². The molecule has 0 unspecified atom stereocenters. The predicted molar refractivity (Wildman–Crippen MR) is 125 cm³/mol. The fourth-order valence-electron chi connectivity index (χ4n) is 3.86. The van der Waals surface area contributed by atoms with E-state index in [1.165, 1.54) is 35.7 Å². The number of para-hydroxylation sites is 2. The number of carbonyl (C=O) groups is 1. The molecule has 1 amide bonds. The molecule has 4 rings (SSSR count). The van der Waals surface area contributed by atoms with Gasteiger partial charge in [0, 0.05) is 6.54 Å². The standard InChI is InChI=1S/C24H28N4O3S/c1-3-28-22(15-31-19-13-12-17-8-4-5-9-18(17)14-19)26-27-24(28)32-16-23(29)25-20-10-6-7-11-21(20)30-2/h6-7,10-14H,3-5,8-9,15-16H2,1-2H3,(H,25,29). The average molecular weight is 453 g/mol. The summed E-state index contributed by atoms with van der Waals surface area (Å²) in [6.07, 6.45) is 4.79. The van der Waals surface area contributed by atoms with E-state index in [2.05, 4.69) is 27.6 Å². The fourth-order valence-corrected chi connectivity index (χ4v) is 4.68. The van der Waals surface area contributed by atoms with Gasteiger partial charge in [0.1, 0.15) is 18.1 Å². The molecule has 3 aromatic rings. The van der Waals surface area contributed by atoms with Gasteiger partial charge in [0.2, 0.25) is 5.91 Å². The lowest BCUT2D eigenvalue weighted by Crippen LogP contribution is -2.15. The van der Waals surface area contributed by atoms with Gasteiger partial charge in [-0.15, -0.1) is 10.2 Å². The zero-order valence-corrected chi connectivity index (χ0v) is 19.3. The molecule has 1 aromatic heterocycles. The SMILES string of the molecule is CCn1c(COc2ccc3c(c2)CCCC3)nnc1SCC(=O)Nc1ccccc1OC. The maximum absolute atomic E-state index is 12.4. The molecule has 0 spiro atoms. The molecule has 1 heterocycles. The molecule has 1 N–H and O–H groups in total. The van der Waals surface area contributed by atoms with Gasteiger partial charge in [-0.25, -0.2) is 0 Å². The molecule has 8 heteroatoms. The number of benzene rings is 2. The Labute approximate surface area is 192 Å². The number of amides is 1. The number of methoxy groups -OCH3 is 1. The van der Waals surface area contributed by atoms with Gasteiger partial charge in [-0.3, -0.25) is 4.79 Å². The number of aromatic nitrogens is 3. The lowest BCUT2D eigenvalue weighted by Gasteiger charge is -2.16. The van der Waals surface area contributed by atoms with Crippen molar-refractivity contribution in [3.05, 3.63) is 59.4 Å². The third-order valence-electron chi connectivity index (χ3n) is 5.51. The normalized spacial score (nSPS) is 12.8. The molecule has 0 bridgehead atoms. The van der Waals surface area contributed by atoms with Gasteiger partial charge in [0.15, 0.2) is 11.0 Å². The number of rotatable bonds is 9. The van der Waals surface area contributed by atoms with Crippen LogP contribution in [-0.4, -0.2) is 33.5 Å². The highest BCUT2D eigenvalue weighted by atomic mass is 32.2. The molecule has 7 nitrogen and oxygen atoms in total. The van der Waals surface area contributed by atoms with E-state index < -0.39 is 0 Å². The molecular weight excluding hydrogens is 424 g/mol. The Balaban J connectivity index is 1.35. The zero-order valence-electron chi connectivity index (χ0n) is 18.5. The maximum atomic E-state index is 12.4. The minimum Gasteiger partial charge on any atom is -0.495 e. The Morgan fingerprint density at radius 3 is 2.75 bits per heavy atom. The fraction of sp³-hybridized carbons (Fsp3) is 0.375. The Bertz CT molecular complexity index is 1080. The van der Waals surface area contributed by atoms with Crippen LogP contribution in [0, 0.1) is 0 Å². The first-order chi connectivity index (χ1) is 15.7. The smallest absolute Gasteiger partial charge is 0.234 e. The Morgan fingerprint density at radius 1 is 1.12 bits per heavy atom. The Kier molecular flexibility index (Phi) is 7.32. The van der Waals surface area contributed by atoms with E-state index in [1.54, 1.807) is 7.11 Å². The molecule has 0 saturated heterocycles. The second kappa shape index (κ2) is 10.5. The number of nitrogens with one attached hydrogen (secondary N) is 1. The molecular formula is C24H28N4O3S. The van der Waals surface area contributed by atoms with E-state index in [0.29, 0.717) is 29.7 Å². The van der Waals surface area contributed by atoms with Gasteiger partial charge in [-0.1, -0.05) is 30.0 Å². The summed E-state index contributed by atoms with van der Waals surface area (Å²) in [5.41, 5.74) is 3.48. The third kappa shape index (κ3) is 5.24. The largest absolute Gasteiger partial charge is 0.495 e. The van der Waals surface area contributed by atoms with Gasteiger partial charge in [-0.05, 0) is 68.0 Å². The van der Waals surface area contributed by atoms with Crippen molar-refractivity contribution in [2.24, 2.45) is 0 Å². The molecule has 2 aromatic carbocycles. The van der Waals surface area contributed by atoms with Crippen LogP contribution in [0.4, 0.5) is 5.69 Å². The molecule has 0 radical (unpaired) electrons. The number of ether oxygens (including phenoxy) is 2. The van der Waals surface area contributed by atoms with Crippen LogP contribution in [0.25, 0.3) is 0 Å². The quantitative estimate of drug-likeness (QED) is 0.482. The van der Waals surface area contributed by atoms with Crippen molar-refractivity contribution in [2.75, 3.05) is 18.2 Å². The van der Waals surface area contributed by atoms with Crippen LogP contribution in [0.1, 0.15) is 36.7 Å². The van der Waals surface area contributed by atoms with Crippen LogP contribution < -0.4 is 14.8 Å². The highest BCUT2D eigenvalue weighted by Crippen LogP contribution is 2.27. The van der Waals surface area contributed by atoms with Gasteiger partial charge >= 0.3 is 0 Å². The highest BCUT2D eigenvalue weighted by molar-refractivity contribution is 7.99. The van der Waals surface area contributed by atoms with Crippen LogP contribution in [0.3, 0.4) is 0 Å². The lowest BCUT2D eigenvalue weighted by atomic mass is 9.92. The molecule has 168 valence electrons. The van der Waals surface area contributed by atoms with E-state index in [4.69, 9.17) is 9.47 Å². The number of thioether (sulfide) groups is 1. The molecule has 0 fully saturated rings. The first-order valence-electron chi connectivity index (χ1n) is 10.9. The van der Waals surface area contributed by atoms with Crippen molar-refractivity contribution in [2.45, 2.75) is 50.9 Å². The number of fused-ring (bicyclic) bond motifs is 1. The number of hydrogen-bond donors (Lipinski definition) is 1. The molecule has 32 heavy (non-hydrogen) atoms. The lowest BCUT2D eigenvalue weighted by molar-refractivity contribution is -0.113. The van der Waals surface area contributed by atoms with Crippen molar-refractivity contribution >= 4 is 23.4 Å². The van der Waals surface area contributed by atoms with Crippen molar-refractivity contribution in [3.63, 3.8) is 0 Å². The topological polar surface area (TPSA) is 78.3 Å². The van der Waals surface area contributed by atoms with Crippen molar-refractivity contribution in [1.82, 2.24) is 14.8 Å². The van der Waals surface area contributed by atoms with Gasteiger partial charge in [0.05, 0.1) is 18.6 Å². The molecule has 1 aliphatic rings. The van der Waals surface area contributed by atoms with Crippen molar-refractivity contribution < 1.29 is 14.3 Å². The minimum atomic E-state index is -0.128. The van der Waals surface area contributed by atoms with E-state index in [-0.39, 0.29) is 11.7 Å². The van der Waals surface area contributed by atoms with Crippen LogP contribution in [0.5, 0.6) is 11.5 Å². The van der Waals surface area contributed by atoms with Crippen LogP contribution in [0.2, 0.25) is 0 Å². The minimum absolute atomic E-state index is 0.128. The van der Waals surface area contributed by atoms with Crippen LogP contribution >= 0.6 is 11.8 Å². The number of nitrogens with zero attached hydrogens (tertiary/aromatic N) is 3. The summed E-state index contributed by atoms with van der Waals surface area (Å²) >= 11 is 1.35. The average Bonchev–Trinajstić information content (AvgIpc) is 3.23. The van der Waals surface area contributed by atoms with Gasteiger partial charge in [0.25, 0.3) is 0 Å². The van der Waals surface area contributed by atoms with Crippen LogP contribution in [-0.2, 0) is 30.8 Å². The number of carbonyl (C=O) groups excluding carboxylic acids is 1. The van der Waals surface area contributed by atoms with Gasteiger partial charge < -0.3 is 19.4 Å². The second-order valence-electron chi connectivity index (χ2n) is 7.61. The van der Waals surface area contributed by atoms with E-state index in [1.807, 2.05) is 41.8 Å². The van der Waals surface area contributed by atoms with Crippen molar-refractivity contribution in [3.8, 4) is 11.5 Å². The second-order valence-corrected chi connectivity index (χ2v) is 8.55. The van der Waals surface area contributed by atoms with Crippen molar-refractivity contribution in [1.29, 1.82) is 0 Å². The van der Waals surface area contributed by atoms with Gasteiger partial charge in [-0.2, -0.15) is 0 Å². The summed E-state index contributed by atoms with van der Waals surface area (Å²) in [4.78, 5) is 12.4. The maximum Gasteiger partial charge on any atom is 0.234 e.